The fourth-order valence-corrected chi connectivity index (χ4v) is 0.882. The zero-order valence-electron chi connectivity index (χ0n) is 8.53. The van der Waals surface area contributed by atoms with E-state index in [1.54, 1.807) is 13.8 Å². The smallest absolute Gasteiger partial charge is 0.326 e. The summed E-state index contributed by atoms with van der Waals surface area (Å²) in [5.41, 5.74) is 0. The monoisotopic (exact) mass is 201 g/mol. The van der Waals surface area contributed by atoms with Crippen LogP contribution in [0.3, 0.4) is 0 Å². The fraction of sp³-hybridized carbons (Fsp3) is 0.667. The molecule has 80 valence electrons. The van der Waals surface area contributed by atoms with Crippen LogP contribution in [0, 0.1) is 5.92 Å². The van der Waals surface area contributed by atoms with E-state index in [1.165, 1.54) is 6.92 Å². The van der Waals surface area contributed by atoms with E-state index >= 15 is 0 Å². The number of hydrogen-bond donors (Lipinski definition) is 2. The van der Waals surface area contributed by atoms with E-state index in [-0.39, 0.29) is 18.1 Å². The Morgan fingerprint density at radius 1 is 1.29 bits per heavy atom. The average molecular weight is 201 g/mol. The van der Waals surface area contributed by atoms with Crippen LogP contribution < -0.4 is 5.32 Å². The number of ketones is 1. The number of rotatable bonds is 5. The number of hydrogen-bond acceptors (Lipinski definition) is 3. The molecule has 0 saturated heterocycles. The Bertz CT molecular complexity index is 247. The van der Waals surface area contributed by atoms with Crippen molar-refractivity contribution in [1.82, 2.24) is 5.32 Å². The molecule has 0 aliphatic heterocycles. The first-order valence-electron chi connectivity index (χ1n) is 4.37. The van der Waals surface area contributed by atoms with E-state index in [0.717, 1.165) is 0 Å². The number of carboxylic acid groups (broad SMARTS) is 1. The third kappa shape index (κ3) is 4.59. The molecule has 0 spiro atoms. The SMILES string of the molecule is CC(=O)NC(CC(=O)C(C)C)C(=O)O. The van der Waals surface area contributed by atoms with Crippen molar-refractivity contribution >= 4 is 17.7 Å². The van der Waals surface area contributed by atoms with Crippen molar-refractivity contribution in [3.63, 3.8) is 0 Å². The molecular formula is C9H15NO4. The largest absolute Gasteiger partial charge is 0.480 e. The molecule has 0 aliphatic rings. The predicted octanol–water partition coefficient (Wildman–Crippen LogP) is 0.191. The fourth-order valence-electron chi connectivity index (χ4n) is 0.882. The molecule has 0 saturated carbocycles. The Labute approximate surface area is 82.5 Å². The highest BCUT2D eigenvalue weighted by Crippen LogP contribution is 2.02. The third-order valence-corrected chi connectivity index (χ3v) is 1.72. The second-order valence-corrected chi connectivity index (χ2v) is 3.42. The van der Waals surface area contributed by atoms with Gasteiger partial charge in [0.15, 0.2) is 0 Å². The van der Waals surface area contributed by atoms with Crippen molar-refractivity contribution < 1.29 is 19.5 Å². The molecule has 0 bridgehead atoms. The molecule has 0 aromatic carbocycles. The highest BCUT2D eigenvalue weighted by Gasteiger charge is 2.22. The summed E-state index contributed by atoms with van der Waals surface area (Å²) in [5, 5.41) is 10.9. The van der Waals surface area contributed by atoms with Gasteiger partial charge >= 0.3 is 5.97 Å². The van der Waals surface area contributed by atoms with Crippen molar-refractivity contribution in [3.05, 3.63) is 0 Å². The van der Waals surface area contributed by atoms with Gasteiger partial charge in [-0.2, -0.15) is 0 Å². The van der Waals surface area contributed by atoms with Gasteiger partial charge in [0.1, 0.15) is 11.8 Å². The maximum absolute atomic E-state index is 11.2. The highest BCUT2D eigenvalue weighted by molar-refractivity contribution is 5.89. The molecule has 5 heteroatoms. The first-order chi connectivity index (χ1) is 6.34. The molecule has 0 radical (unpaired) electrons. The summed E-state index contributed by atoms with van der Waals surface area (Å²) in [6, 6.07) is -1.11. The standard InChI is InChI=1S/C9H15NO4/c1-5(2)8(12)4-7(9(13)14)10-6(3)11/h5,7H,4H2,1-3H3,(H,10,11)(H,13,14). The average Bonchev–Trinajstić information content (AvgIpc) is 2.01. The van der Waals surface area contributed by atoms with Gasteiger partial charge in [0, 0.05) is 19.3 Å². The number of aliphatic carboxylic acids is 1. The zero-order chi connectivity index (χ0) is 11.3. The van der Waals surface area contributed by atoms with Crippen LogP contribution in [0.2, 0.25) is 0 Å². The molecule has 0 aliphatic carbocycles. The van der Waals surface area contributed by atoms with Crippen LogP contribution in [0.1, 0.15) is 27.2 Å². The van der Waals surface area contributed by atoms with E-state index in [2.05, 4.69) is 5.32 Å². The molecule has 0 heterocycles. The molecule has 14 heavy (non-hydrogen) atoms. The Morgan fingerprint density at radius 2 is 1.79 bits per heavy atom. The summed E-state index contributed by atoms with van der Waals surface area (Å²) in [7, 11) is 0. The van der Waals surface area contributed by atoms with Crippen molar-refractivity contribution in [2.45, 2.75) is 33.2 Å². The first kappa shape index (κ1) is 12.6. The van der Waals surface area contributed by atoms with Crippen LogP contribution in [0.4, 0.5) is 0 Å². The van der Waals surface area contributed by atoms with Gasteiger partial charge in [-0.05, 0) is 0 Å². The molecule has 0 fully saturated rings. The molecule has 5 nitrogen and oxygen atoms in total. The second-order valence-electron chi connectivity index (χ2n) is 3.42. The summed E-state index contributed by atoms with van der Waals surface area (Å²) in [4.78, 5) is 32.5. The molecule has 1 amide bonds. The van der Waals surface area contributed by atoms with Crippen molar-refractivity contribution in [2.75, 3.05) is 0 Å². The van der Waals surface area contributed by atoms with Crippen molar-refractivity contribution in [3.8, 4) is 0 Å². The number of Topliss-reactive ketones (excluding diaryl/α,β-unsaturated/α-hetero) is 1. The van der Waals surface area contributed by atoms with Gasteiger partial charge < -0.3 is 10.4 Å². The van der Waals surface area contributed by atoms with Gasteiger partial charge in [-0.3, -0.25) is 9.59 Å². The lowest BCUT2D eigenvalue weighted by Crippen LogP contribution is -2.41. The highest BCUT2D eigenvalue weighted by atomic mass is 16.4. The lowest BCUT2D eigenvalue weighted by molar-refractivity contribution is -0.143. The van der Waals surface area contributed by atoms with Crippen molar-refractivity contribution in [1.29, 1.82) is 0 Å². The summed E-state index contributed by atoms with van der Waals surface area (Å²) >= 11 is 0. The third-order valence-electron chi connectivity index (χ3n) is 1.72. The Kier molecular flexibility index (Phi) is 4.83. The molecule has 1 atom stereocenters. The quantitative estimate of drug-likeness (QED) is 0.665. The summed E-state index contributed by atoms with van der Waals surface area (Å²) in [6.07, 6.45) is -0.160. The van der Waals surface area contributed by atoms with Crippen LogP contribution in [0.5, 0.6) is 0 Å². The van der Waals surface area contributed by atoms with Crippen LogP contribution in [0.15, 0.2) is 0 Å². The molecule has 0 rings (SSSR count). The van der Waals surface area contributed by atoms with Gasteiger partial charge in [0.05, 0.1) is 0 Å². The lowest BCUT2D eigenvalue weighted by Gasteiger charge is -2.13. The number of carboxylic acids is 1. The second kappa shape index (κ2) is 5.36. The first-order valence-corrected chi connectivity index (χ1v) is 4.37. The summed E-state index contributed by atoms with van der Waals surface area (Å²) < 4.78 is 0. The normalized spacial score (nSPS) is 12.3. The topological polar surface area (TPSA) is 83.5 Å². The molecule has 2 N–H and O–H groups in total. The van der Waals surface area contributed by atoms with E-state index < -0.39 is 17.9 Å². The molecule has 1 unspecified atom stereocenters. The van der Waals surface area contributed by atoms with Gasteiger partial charge in [-0.25, -0.2) is 4.79 Å². The van der Waals surface area contributed by atoms with E-state index in [0.29, 0.717) is 0 Å². The Hall–Kier alpha value is -1.39. The Balaban J connectivity index is 4.31. The number of amides is 1. The minimum Gasteiger partial charge on any atom is -0.480 e. The maximum Gasteiger partial charge on any atom is 0.326 e. The van der Waals surface area contributed by atoms with E-state index in [4.69, 9.17) is 5.11 Å². The van der Waals surface area contributed by atoms with Crippen LogP contribution in [0.25, 0.3) is 0 Å². The lowest BCUT2D eigenvalue weighted by atomic mass is 10.0. The Morgan fingerprint density at radius 3 is 2.07 bits per heavy atom. The van der Waals surface area contributed by atoms with Gasteiger partial charge in [-0.1, -0.05) is 13.8 Å². The number of nitrogens with one attached hydrogen (secondary N) is 1. The molecular weight excluding hydrogens is 186 g/mol. The van der Waals surface area contributed by atoms with Crippen LogP contribution in [-0.2, 0) is 14.4 Å². The van der Waals surface area contributed by atoms with Gasteiger partial charge in [0.25, 0.3) is 0 Å². The minimum absolute atomic E-state index is 0.160. The zero-order valence-corrected chi connectivity index (χ0v) is 8.53. The number of carbonyl (C=O) groups is 3. The summed E-state index contributed by atoms with van der Waals surface area (Å²) in [5.74, 6) is -2.03. The molecule has 0 aromatic rings. The van der Waals surface area contributed by atoms with Crippen LogP contribution in [-0.4, -0.2) is 28.8 Å². The maximum atomic E-state index is 11.2. The number of carbonyl (C=O) groups excluding carboxylic acids is 2. The minimum atomic E-state index is -1.19. The van der Waals surface area contributed by atoms with Crippen LogP contribution >= 0.6 is 0 Å². The molecule has 0 aromatic heterocycles. The summed E-state index contributed by atoms with van der Waals surface area (Å²) in [6.45, 7) is 4.60. The van der Waals surface area contributed by atoms with E-state index in [9.17, 15) is 14.4 Å². The van der Waals surface area contributed by atoms with E-state index in [1.807, 2.05) is 0 Å². The van der Waals surface area contributed by atoms with Crippen molar-refractivity contribution in [2.24, 2.45) is 5.92 Å². The van der Waals surface area contributed by atoms with Gasteiger partial charge in [0.2, 0.25) is 5.91 Å². The van der Waals surface area contributed by atoms with Gasteiger partial charge in [-0.15, -0.1) is 0 Å². The predicted molar refractivity (Wildman–Crippen MR) is 49.7 cm³/mol.